The van der Waals surface area contributed by atoms with Crippen LogP contribution in [0.25, 0.3) is 0 Å². The molecule has 0 amide bonds. The number of rotatable bonds is 9. The van der Waals surface area contributed by atoms with Gasteiger partial charge in [-0.1, -0.05) is 52.7 Å². The number of aromatic hydroxyl groups is 1. The second-order valence-corrected chi connectivity index (χ2v) is 14.7. The molecule has 5 nitrogen and oxygen atoms in total. The largest absolute Gasteiger partial charge is 0.507 e. The maximum atomic E-state index is 14.7. The van der Waals surface area contributed by atoms with Crippen molar-refractivity contribution in [3.8, 4) is 11.5 Å². The quantitative estimate of drug-likeness (QED) is 0.288. The van der Waals surface area contributed by atoms with Crippen LogP contribution >= 0.6 is 0 Å². The summed E-state index contributed by atoms with van der Waals surface area (Å²) >= 11 is 0. The number of Topliss-reactive ketones (excluding diaryl/α,β-unsaturated/α-hetero) is 2. The molecular formula is C39H50O5. The van der Waals surface area contributed by atoms with Gasteiger partial charge in [-0.2, -0.15) is 0 Å². The number of fused-ring (bicyclic) bond motifs is 1. The Bertz CT molecular complexity index is 1570. The molecule has 5 aliphatic rings. The Morgan fingerprint density at radius 1 is 0.932 bits per heavy atom. The lowest BCUT2D eigenvalue weighted by Crippen LogP contribution is -2.72. The number of allylic oxidation sites excluding steroid dienone is 8. The van der Waals surface area contributed by atoms with E-state index in [1.165, 1.54) is 11.1 Å². The maximum Gasteiger partial charge on any atom is 0.200 e. The number of benzene rings is 1. The van der Waals surface area contributed by atoms with Crippen molar-refractivity contribution in [3.63, 3.8) is 0 Å². The van der Waals surface area contributed by atoms with Crippen LogP contribution in [-0.2, 0) is 22.4 Å². The second kappa shape index (κ2) is 11.3. The summed E-state index contributed by atoms with van der Waals surface area (Å²) in [5, 5.41) is 11.9. The minimum absolute atomic E-state index is 0.00559. The molecule has 4 atom stereocenters. The van der Waals surface area contributed by atoms with Crippen molar-refractivity contribution in [3.05, 3.63) is 80.5 Å². The van der Waals surface area contributed by atoms with E-state index < -0.39 is 22.7 Å². The van der Waals surface area contributed by atoms with Gasteiger partial charge in [-0.25, -0.2) is 0 Å². The van der Waals surface area contributed by atoms with E-state index in [0.29, 0.717) is 37.0 Å². The molecule has 44 heavy (non-hydrogen) atoms. The van der Waals surface area contributed by atoms with Crippen molar-refractivity contribution in [2.24, 2.45) is 11.8 Å². The summed E-state index contributed by atoms with van der Waals surface area (Å²) in [6.45, 7) is 20.5. The van der Waals surface area contributed by atoms with Crippen molar-refractivity contribution in [1.29, 1.82) is 0 Å². The van der Waals surface area contributed by atoms with Crippen molar-refractivity contribution < 1.29 is 24.2 Å². The van der Waals surface area contributed by atoms with Crippen LogP contribution < -0.4 is 4.74 Å². The Balaban J connectivity index is 1.71. The molecule has 236 valence electrons. The molecule has 2 aliphatic heterocycles. The van der Waals surface area contributed by atoms with Crippen molar-refractivity contribution >= 4 is 11.6 Å². The summed E-state index contributed by atoms with van der Waals surface area (Å²) in [6, 6.07) is 0. The van der Waals surface area contributed by atoms with Crippen LogP contribution in [0.2, 0.25) is 0 Å². The molecule has 3 aliphatic carbocycles. The fraction of sp³-hybridized carbons (Fsp3) is 0.538. The lowest BCUT2D eigenvalue weighted by molar-refractivity contribution is -0.171. The highest BCUT2D eigenvalue weighted by molar-refractivity contribution is 6.18. The molecule has 6 rings (SSSR count). The number of hydrogen-bond donors (Lipinski definition) is 1. The number of ketones is 2. The third-order valence-electron chi connectivity index (χ3n) is 10.3. The van der Waals surface area contributed by atoms with Gasteiger partial charge in [0.25, 0.3) is 0 Å². The van der Waals surface area contributed by atoms with E-state index in [4.69, 9.17) is 9.47 Å². The summed E-state index contributed by atoms with van der Waals surface area (Å²) in [7, 11) is 0. The average Bonchev–Trinajstić information content (AvgIpc) is 3.08. The van der Waals surface area contributed by atoms with Crippen LogP contribution in [0.3, 0.4) is 0 Å². The first-order valence-corrected chi connectivity index (χ1v) is 16.2. The zero-order chi connectivity index (χ0) is 32.4. The van der Waals surface area contributed by atoms with Crippen LogP contribution in [0.15, 0.2) is 58.2 Å². The van der Waals surface area contributed by atoms with Gasteiger partial charge in [-0.15, -0.1) is 0 Å². The van der Waals surface area contributed by atoms with Gasteiger partial charge in [0.1, 0.15) is 17.1 Å². The summed E-state index contributed by atoms with van der Waals surface area (Å²) in [5.74, 6) is -0.446. The Morgan fingerprint density at radius 3 is 2.20 bits per heavy atom. The van der Waals surface area contributed by atoms with E-state index in [-0.39, 0.29) is 28.8 Å². The minimum Gasteiger partial charge on any atom is -0.507 e. The fourth-order valence-electron chi connectivity index (χ4n) is 8.01. The van der Waals surface area contributed by atoms with Gasteiger partial charge < -0.3 is 14.6 Å². The molecule has 1 aromatic carbocycles. The smallest absolute Gasteiger partial charge is 0.200 e. The number of carbonyl (C=O) groups is 2. The molecule has 2 heterocycles. The van der Waals surface area contributed by atoms with Crippen LogP contribution in [-0.4, -0.2) is 33.5 Å². The SMILES string of the molecule is CC(C)=CCC/C(C)=C/Cc1c(C)c(CC=C(C)C)c2c(c1O)C(=O)C1=C[C@@H]3C[C@H]4C(C)(C)O[C@@](CC=C(C)C)(C3=O)[C@@]14O2. The van der Waals surface area contributed by atoms with Gasteiger partial charge in [0.2, 0.25) is 0 Å². The van der Waals surface area contributed by atoms with Crippen LogP contribution in [0, 0.1) is 18.8 Å². The van der Waals surface area contributed by atoms with Crippen molar-refractivity contribution in [2.75, 3.05) is 0 Å². The Hall–Kier alpha value is -3.18. The molecule has 1 saturated heterocycles. The van der Waals surface area contributed by atoms with E-state index in [0.717, 1.165) is 40.7 Å². The number of phenols is 1. The van der Waals surface area contributed by atoms with E-state index in [9.17, 15) is 14.7 Å². The predicted molar refractivity (Wildman–Crippen MR) is 176 cm³/mol. The van der Waals surface area contributed by atoms with Crippen LogP contribution in [0.5, 0.6) is 11.5 Å². The zero-order valence-corrected chi connectivity index (χ0v) is 28.4. The number of hydrogen-bond acceptors (Lipinski definition) is 5. The molecule has 0 aromatic heterocycles. The average molecular weight is 599 g/mol. The first kappa shape index (κ1) is 32.2. The first-order valence-electron chi connectivity index (χ1n) is 16.2. The highest BCUT2D eigenvalue weighted by atomic mass is 16.6. The van der Waals surface area contributed by atoms with Gasteiger partial charge in [0.15, 0.2) is 22.8 Å². The highest BCUT2D eigenvalue weighted by Crippen LogP contribution is 2.68. The van der Waals surface area contributed by atoms with Crippen molar-refractivity contribution in [2.45, 2.75) is 125 Å². The Kier molecular flexibility index (Phi) is 8.29. The Morgan fingerprint density at radius 2 is 1.57 bits per heavy atom. The van der Waals surface area contributed by atoms with Crippen LogP contribution in [0.1, 0.15) is 115 Å². The Labute approximate surface area is 263 Å². The fourth-order valence-corrected chi connectivity index (χ4v) is 8.01. The van der Waals surface area contributed by atoms with Crippen LogP contribution in [0.4, 0.5) is 0 Å². The molecule has 0 unspecified atom stereocenters. The van der Waals surface area contributed by atoms with E-state index in [2.05, 4.69) is 52.8 Å². The normalized spacial score (nSPS) is 27.7. The highest BCUT2D eigenvalue weighted by Gasteiger charge is 2.81. The molecular weight excluding hydrogens is 548 g/mol. The monoisotopic (exact) mass is 598 g/mol. The van der Waals surface area contributed by atoms with Gasteiger partial charge in [-0.05, 0) is 107 Å². The van der Waals surface area contributed by atoms with Gasteiger partial charge in [-0.3, -0.25) is 9.59 Å². The summed E-state index contributed by atoms with van der Waals surface area (Å²) in [5.41, 5.74) is 4.82. The maximum absolute atomic E-state index is 14.7. The molecule has 1 N–H and O–H groups in total. The van der Waals surface area contributed by atoms with E-state index in [1.54, 1.807) is 0 Å². The lowest BCUT2D eigenvalue weighted by atomic mass is 9.51. The third-order valence-corrected chi connectivity index (χ3v) is 10.3. The summed E-state index contributed by atoms with van der Waals surface area (Å²) < 4.78 is 14.0. The standard InChI is InChI=1S/C39H50O5/c1-22(2)12-11-13-25(7)15-17-28-26(8)29(16-14-23(3)4)35-32(33(28)40)34(41)30-20-27-21-31-37(9,10)44-38(36(27)42,19-18-24(5)6)39(30,31)43-35/h12,14-15,18,20,27,31,40H,11,13,16-17,19,21H2,1-10H3/b25-15+/t27-,31+,38+,39-/m1/s1. The predicted octanol–water partition coefficient (Wildman–Crippen LogP) is 8.81. The molecule has 1 saturated carbocycles. The molecule has 1 spiro atoms. The summed E-state index contributed by atoms with van der Waals surface area (Å²) in [4.78, 5) is 29.0. The van der Waals surface area contributed by atoms with Gasteiger partial charge in [0, 0.05) is 35.0 Å². The second-order valence-electron chi connectivity index (χ2n) is 14.7. The van der Waals surface area contributed by atoms with Gasteiger partial charge >= 0.3 is 0 Å². The number of ether oxygens (including phenoxy) is 2. The third kappa shape index (κ3) is 4.87. The van der Waals surface area contributed by atoms with E-state index >= 15 is 0 Å². The topological polar surface area (TPSA) is 72.8 Å². The molecule has 1 aromatic rings. The number of phenolic OH excluding ortho intramolecular Hbond substituents is 1. The minimum atomic E-state index is -1.31. The van der Waals surface area contributed by atoms with Gasteiger partial charge in [0.05, 0.1) is 5.60 Å². The van der Waals surface area contributed by atoms with E-state index in [1.807, 2.05) is 46.8 Å². The molecule has 2 fully saturated rings. The lowest BCUT2D eigenvalue weighted by Gasteiger charge is -2.56. The molecule has 4 bridgehead atoms. The first-order chi connectivity index (χ1) is 20.6. The van der Waals surface area contributed by atoms with Crippen molar-refractivity contribution in [1.82, 2.24) is 0 Å². The molecule has 5 heteroatoms. The number of carbonyl (C=O) groups excluding carboxylic acids is 2. The zero-order valence-electron chi connectivity index (χ0n) is 28.4. The summed E-state index contributed by atoms with van der Waals surface area (Å²) in [6.07, 6.45) is 14.3. The molecule has 0 radical (unpaired) electrons.